The van der Waals surface area contributed by atoms with Crippen LogP contribution in [0.2, 0.25) is 0 Å². The minimum atomic E-state index is 0.493. The fraction of sp³-hybridized carbons (Fsp3) is 0.308. The molecule has 0 atom stereocenters. The van der Waals surface area contributed by atoms with Gasteiger partial charge in [-0.3, -0.25) is 0 Å². The Morgan fingerprint density at radius 1 is 1.07 bits per heavy atom. The summed E-state index contributed by atoms with van der Waals surface area (Å²) in [4.78, 5) is 0. The molecule has 0 radical (unpaired) electrons. The topological polar surface area (TPSA) is 12.0 Å². The zero-order chi connectivity index (χ0) is 19.2. The van der Waals surface area contributed by atoms with Crippen LogP contribution in [0.15, 0.2) is 77.7 Å². The highest BCUT2D eigenvalue weighted by Gasteiger charge is 2.10. The monoisotopic (exact) mass is 357 g/mol. The Balaban J connectivity index is 1.91. The van der Waals surface area contributed by atoms with Crippen molar-refractivity contribution in [1.29, 1.82) is 0 Å². The third-order valence-corrected chi connectivity index (χ3v) is 5.18. The van der Waals surface area contributed by atoms with Gasteiger partial charge in [0.25, 0.3) is 0 Å². The standard InChI is InChI=1S/C26H31N/c1-5-8-21-13-14-22-9-6-7-10-24(22)25(21)17-18-27-26-16-12-20(4)11-15-23(26)19(2)3/h6-7,9-11,13-19,27H,5,8,12H2,1-4H3/b18-17-. The lowest BCUT2D eigenvalue weighted by Crippen LogP contribution is -2.11. The molecule has 1 aliphatic rings. The van der Waals surface area contributed by atoms with Gasteiger partial charge >= 0.3 is 0 Å². The number of hydrogen-bond donors (Lipinski definition) is 1. The van der Waals surface area contributed by atoms with Crippen LogP contribution in [0, 0.1) is 5.92 Å². The van der Waals surface area contributed by atoms with Gasteiger partial charge in [0.1, 0.15) is 0 Å². The van der Waals surface area contributed by atoms with Gasteiger partial charge in [-0.25, -0.2) is 0 Å². The van der Waals surface area contributed by atoms with E-state index < -0.39 is 0 Å². The van der Waals surface area contributed by atoms with E-state index >= 15 is 0 Å². The summed E-state index contributed by atoms with van der Waals surface area (Å²) in [6, 6.07) is 13.2. The molecule has 1 aliphatic carbocycles. The van der Waals surface area contributed by atoms with Crippen LogP contribution in [0.5, 0.6) is 0 Å². The first-order chi connectivity index (χ1) is 13.1. The van der Waals surface area contributed by atoms with Gasteiger partial charge in [-0.15, -0.1) is 0 Å². The van der Waals surface area contributed by atoms with Crippen molar-refractivity contribution in [2.45, 2.75) is 47.0 Å². The molecule has 0 amide bonds. The summed E-state index contributed by atoms with van der Waals surface area (Å²) < 4.78 is 0. The van der Waals surface area contributed by atoms with Gasteiger partial charge < -0.3 is 5.32 Å². The predicted molar refractivity (Wildman–Crippen MR) is 119 cm³/mol. The largest absolute Gasteiger partial charge is 0.362 e. The van der Waals surface area contributed by atoms with Gasteiger partial charge in [0.15, 0.2) is 0 Å². The van der Waals surface area contributed by atoms with Gasteiger partial charge in [0.2, 0.25) is 0 Å². The van der Waals surface area contributed by atoms with Crippen LogP contribution in [0.1, 0.15) is 51.7 Å². The quantitative estimate of drug-likeness (QED) is 0.578. The molecule has 0 fully saturated rings. The van der Waals surface area contributed by atoms with Gasteiger partial charge in [0, 0.05) is 11.9 Å². The Hall–Kier alpha value is -2.54. The molecule has 2 aromatic carbocycles. The summed E-state index contributed by atoms with van der Waals surface area (Å²) >= 11 is 0. The zero-order valence-electron chi connectivity index (χ0n) is 17.0. The Morgan fingerprint density at radius 3 is 2.67 bits per heavy atom. The van der Waals surface area contributed by atoms with Crippen molar-refractivity contribution in [2.75, 3.05) is 0 Å². The maximum absolute atomic E-state index is 3.58. The molecule has 1 heteroatoms. The number of hydrogen-bond acceptors (Lipinski definition) is 1. The second-order valence-corrected chi connectivity index (χ2v) is 7.70. The van der Waals surface area contributed by atoms with Gasteiger partial charge in [-0.2, -0.15) is 0 Å². The lowest BCUT2D eigenvalue weighted by atomic mass is 9.96. The van der Waals surface area contributed by atoms with E-state index in [2.05, 4.69) is 99.9 Å². The van der Waals surface area contributed by atoms with Crippen molar-refractivity contribution in [2.24, 2.45) is 5.92 Å². The van der Waals surface area contributed by atoms with E-state index in [-0.39, 0.29) is 0 Å². The first kappa shape index (κ1) is 19.2. The Bertz CT molecular complexity index is 922. The highest BCUT2D eigenvalue weighted by Crippen LogP contribution is 2.26. The van der Waals surface area contributed by atoms with Crippen molar-refractivity contribution in [3.8, 4) is 0 Å². The van der Waals surface area contributed by atoms with Crippen molar-refractivity contribution in [3.63, 3.8) is 0 Å². The average Bonchev–Trinajstić information content (AvgIpc) is 2.85. The van der Waals surface area contributed by atoms with Crippen LogP contribution < -0.4 is 5.32 Å². The average molecular weight is 358 g/mol. The summed E-state index contributed by atoms with van der Waals surface area (Å²) in [6.45, 7) is 8.94. The second kappa shape index (κ2) is 8.90. The third kappa shape index (κ3) is 4.60. The third-order valence-electron chi connectivity index (χ3n) is 5.18. The minimum Gasteiger partial charge on any atom is -0.362 e. The number of nitrogens with one attached hydrogen (secondary N) is 1. The summed E-state index contributed by atoms with van der Waals surface area (Å²) in [5, 5.41) is 6.20. The molecule has 0 bridgehead atoms. The molecule has 140 valence electrons. The molecular weight excluding hydrogens is 326 g/mol. The summed E-state index contributed by atoms with van der Waals surface area (Å²) in [5.74, 6) is 0.493. The van der Waals surface area contributed by atoms with E-state index in [1.54, 1.807) is 0 Å². The van der Waals surface area contributed by atoms with Gasteiger partial charge in [-0.1, -0.05) is 87.4 Å². The molecule has 0 aromatic heterocycles. The van der Waals surface area contributed by atoms with E-state index in [0.29, 0.717) is 5.92 Å². The minimum absolute atomic E-state index is 0.493. The molecule has 0 saturated carbocycles. The molecule has 1 nitrogen and oxygen atoms in total. The molecule has 3 rings (SSSR count). The van der Waals surface area contributed by atoms with Crippen molar-refractivity contribution >= 4 is 16.8 Å². The molecule has 2 aromatic rings. The molecule has 0 aliphatic heterocycles. The van der Waals surface area contributed by atoms with Crippen LogP contribution in [0.3, 0.4) is 0 Å². The molecule has 0 unspecified atom stereocenters. The van der Waals surface area contributed by atoms with Crippen molar-refractivity contribution in [3.05, 3.63) is 88.8 Å². The fourth-order valence-electron chi connectivity index (χ4n) is 3.66. The van der Waals surface area contributed by atoms with E-state index in [9.17, 15) is 0 Å². The number of benzene rings is 2. The Labute approximate surface area is 164 Å². The molecule has 0 heterocycles. The van der Waals surface area contributed by atoms with E-state index in [0.717, 1.165) is 19.3 Å². The molecule has 0 saturated heterocycles. The number of fused-ring (bicyclic) bond motifs is 1. The molecule has 27 heavy (non-hydrogen) atoms. The maximum atomic E-state index is 3.58. The lowest BCUT2D eigenvalue weighted by molar-refractivity contribution is 0.760. The smallest absolute Gasteiger partial charge is 0.0377 e. The fourth-order valence-corrected chi connectivity index (χ4v) is 3.66. The Morgan fingerprint density at radius 2 is 1.89 bits per heavy atom. The number of rotatable bonds is 6. The van der Waals surface area contributed by atoms with Crippen molar-refractivity contribution < 1.29 is 0 Å². The zero-order valence-corrected chi connectivity index (χ0v) is 17.0. The number of aryl methyl sites for hydroxylation is 1. The van der Waals surface area contributed by atoms with Crippen molar-refractivity contribution in [1.82, 2.24) is 5.32 Å². The van der Waals surface area contributed by atoms with Crippen LogP contribution in [0.4, 0.5) is 0 Å². The molecule has 1 N–H and O–H groups in total. The van der Waals surface area contributed by atoms with E-state index in [1.165, 1.54) is 38.7 Å². The first-order valence-electron chi connectivity index (χ1n) is 10.1. The van der Waals surface area contributed by atoms with Gasteiger partial charge in [0.05, 0.1) is 0 Å². The summed E-state index contributed by atoms with van der Waals surface area (Å²) in [6.07, 6.45) is 14.4. The van der Waals surface area contributed by atoms with Crippen LogP contribution in [0.25, 0.3) is 16.8 Å². The van der Waals surface area contributed by atoms with E-state index in [1.807, 2.05) is 0 Å². The number of allylic oxidation sites excluding steroid dienone is 5. The van der Waals surface area contributed by atoms with Crippen LogP contribution in [-0.2, 0) is 6.42 Å². The van der Waals surface area contributed by atoms with Crippen LogP contribution in [-0.4, -0.2) is 0 Å². The lowest BCUT2D eigenvalue weighted by Gasteiger charge is -2.15. The highest BCUT2D eigenvalue weighted by atomic mass is 14.9. The second-order valence-electron chi connectivity index (χ2n) is 7.70. The highest BCUT2D eigenvalue weighted by molar-refractivity contribution is 5.92. The maximum Gasteiger partial charge on any atom is 0.0377 e. The normalized spacial score (nSPS) is 14.9. The van der Waals surface area contributed by atoms with Crippen LogP contribution >= 0.6 is 0 Å². The SMILES string of the molecule is CCCc1ccc2ccccc2c1/C=C\NC1=CCC(C)=CC=C1C(C)C. The predicted octanol–water partition coefficient (Wildman–Crippen LogP) is 7.17. The van der Waals surface area contributed by atoms with Gasteiger partial charge in [-0.05, 0) is 59.2 Å². The molecule has 0 spiro atoms. The first-order valence-corrected chi connectivity index (χ1v) is 10.1. The van der Waals surface area contributed by atoms with E-state index in [4.69, 9.17) is 0 Å². The molecular formula is C26H31N. The summed E-state index contributed by atoms with van der Waals surface area (Å²) in [5.41, 5.74) is 6.74. The summed E-state index contributed by atoms with van der Waals surface area (Å²) in [7, 11) is 0. The Kier molecular flexibility index (Phi) is 6.34.